The Balaban J connectivity index is 2.43. The van der Waals surface area contributed by atoms with Gasteiger partial charge in [-0.15, -0.1) is 0 Å². The van der Waals surface area contributed by atoms with Gasteiger partial charge in [-0.1, -0.05) is 0 Å². The molecule has 13 heteroatoms. The Hall–Kier alpha value is -1.78. The van der Waals surface area contributed by atoms with E-state index >= 15 is 0 Å². The summed E-state index contributed by atoms with van der Waals surface area (Å²) < 4.78 is 79.9. The van der Waals surface area contributed by atoms with Gasteiger partial charge in [0.05, 0.1) is 0 Å². The van der Waals surface area contributed by atoms with E-state index in [0.29, 0.717) is 5.39 Å². The summed E-state index contributed by atoms with van der Waals surface area (Å²) in [6.45, 7) is 1.14. The molecular weight excluding hydrogens is 584 g/mol. The van der Waals surface area contributed by atoms with Gasteiger partial charge in [0.25, 0.3) is 0 Å². The van der Waals surface area contributed by atoms with E-state index in [-0.39, 0.29) is 47.4 Å². The first kappa shape index (κ1) is 23.4. The summed E-state index contributed by atoms with van der Waals surface area (Å²) in [5.74, 6) is -0.822. The summed E-state index contributed by atoms with van der Waals surface area (Å²) in [6.07, 6.45) is 0.949. The van der Waals surface area contributed by atoms with E-state index < -0.39 is 32.4 Å². The molecule has 0 heterocycles. The van der Waals surface area contributed by atoms with Crippen molar-refractivity contribution in [3.8, 4) is 5.75 Å². The molecular formula is C19H12ClMoO8S3. The Morgan fingerprint density at radius 2 is 1.28 bits per heavy atom. The topological polar surface area (TPSA) is 129 Å². The van der Waals surface area contributed by atoms with Crippen molar-refractivity contribution < 1.29 is 53.3 Å². The molecule has 8 nitrogen and oxygen atoms in total. The molecule has 0 amide bonds. The minimum atomic E-state index is -4.32. The van der Waals surface area contributed by atoms with E-state index in [1.807, 2.05) is 0 Å². The van der Waals surface area contributed by atoms with Gasteiger partial charge in [-0.25, -0.2) is 0 Å². The van der Waals surface area contributed by atoms with Gasteiger partial charge in [-0.2, -0.15) is 0 Å². The average Bonchev–Trinajstić information content (AvgIpc) is 2.63. The zero-order chi connectivity index (χ0) is 23.8. The third-order valence-corrected chi connectivity index (χ3v) is 9.63. The Bertz CT molecular complexity index is 1740. The molecule has 0 saturated heterocycles. The fraction of sp³-hybridized carbons (Fsp3) is 0.105. The molecule has 0 radical (unpaired) electrons. The summed E-state index contributed by atoms with van der Waals surface area (Å²) in [5.41, 5.74) is 0. The monoisotopic (exact) mass is 597 g/mol. The molecule has 0 unspecified atom stereocenters. The number of halogens is 1. The van der Waals surface area contributed by atoms with E-state index in [4.69, 9.17) is 15.4 Å². The van der Waals surface area contributed by atoms with Crippen LogP contribution in [0, 0.1) is 0 Å². The molecule has 0 aromatic heterocycles. The molecule has 0 atom stereocenters. The van der Waals surface area contributed by atoms with Gasteiger partial charge in [0.15, 0.2) is 0 Å². The summed E-state index contributed by atoms with van der Waals surface area (Å²) in [7, 11) is -6.41. The van der Waals surface area contributed by atoms with Gasteiger partial charge >= 0.3 is 199 Å². The summed E-state index contributed by atoms with van der Waals surface area (Å²) in [4.78, 5) is 10.8. The van der Waals surface area contributed by atoms with Crippen molar-refractivity contribution in [1.82, 2.24) is 0 Å². The molecule has 167 valence electrons. The van der Waals surface area contributed by atoms with Crippen LogP contribution in [0.4, 0.5) is 0 Å². The van der Waals surface area contributed by atoms with Crippen LogP contribution in [-0.2, 0) is 49.8 Å². The number of hydrogen-bond donors (Lipinski definition) is 0. The maximum absolute atomic E-state index is 12.5. The Morgan fingerprint density at radius 3 is 1.75 bits per heavy atom. The second kappa shape index (κ2) is 7.36. The van der Waals surface area contributed by atoms with Gasteiger partial charge in [0, 0.05) is 0 Å². The molecule has 4 aromatic rings. The fourth-order valence-corrected chi connectivity index (χ4v) is 7.58. The van der Waals surface area contributed by atoms with Crippen LogP contribution >= 0.6 is 10.7 Å². The van der Waals surface area contributed by atoms with Gasteiger partial charge in [0.2, 0.25) is 0 Å². The summed E-state index contributed by atoms with van der Waals surface area (Å²) in [6, 6.07) is 7.97. The van der Waals surface area contributed by atoms with E-state index in [9.17, 15) is 30.0 Å². The number of benzene rings is 4. The molecule has 32 heavy (non-hydrogen) atoms. The number of rotatable bonds is 4. The Morgan fingerprint density at radius 1 is 0.812 bits per heavy atom. The molecule has 0 aliphatic heterocycles. The second-order valence-electron chi connectivity index (χ2n) is 7.07. The number of hydrogen-bond acceptors (Lipinski definition) is 8. The molecule has 0 aliphatic rings. The molecule has 0 aliphatic carbocycles. The van der Waals surface area contributed by atoms with Gasteiger partial charge in [-0.3, -0.25) is 0 Å². The van der Waals surface area contributed by atoms with Crippen LogP contribution < -0.4 is 4.74 Å². The van der Waals surface area contributed by atoms with Crippen molar-refractivity contribution in [2.75, 3.05) is 6.26 Å². The number of esters is 1. The van der Waals surface area contributed by atoms with Gasteiger partial charge < -0.3 is 0 Å². The van der Waals surface area contributed by atoms with Crippen LogP contribution in [0.2, 0.25) is 0 Å². The van der Waals surface area contributed by atoms with Crippen molar-refractivity contribution in [2.45, 2.75) is 21.6 Å². The predicted octanol–water partition coefficient (Wildman–Crippen LogP) is 3.08. The SMILES string of the molecule is CC(=O)Oc1cc(S(=O)(=O)Cl)c2ccc3c(S(C)(=O)=O)cc([S](=O)(=O)[Mo])c4ccc1c2c34. The van der Waals surface area contributed by atoms with Gasteiger partial charge in [0.1, 0.15) is 0 Å². The van der Waals surface area contributed by atoms with E-state index in [0.717, 1.165) is 43.8 Å². The predicted molar refractivity (Wildman–Crippen MR) is 115 cm³/mol. The quantitative estimate of drug-likeness (QED) is 0.116. The maximum atomic E-state index is 12.5. The van der Waals surface area contributed by atoms with Crippen LogP contribution in [0.5, 0.6) is 5.75 Å². The van der Waals surface area contributed by atoms with E-state index in [1.54, 1.807) is 0 Å². The third kappa shape index (κ3) is 3.80. The molecule has 4 rings (SSSR count). The summed E-state index contributed by atoms with van der Waals surface area (Å²) in [5, 5.41) is 1.26. The average molecular weight is 596 g/mol. The molecule has 0 fully saturated rings. The van der Waals surface area contributed by atoms with Crippen molar-refractivity contribution in [3.05, 3.63) is 36.4 Å². The fourth-order valence-electron chi connectivity index (χ4n) is 3.82. The third-order valence-electron chi connectivity index (χ3n) is 4.93. The number of carbonyl (C=O) groups excluding carboxylic acids is 1. The zero-order valence-corrected chi connectivity index (χ0v) is 21.5. The number of sulfone groups is 1. The molecule has 0 N–H and O–H groups in total. The molecule has 0 spiro atoms. The number of ether oxygens (including phenoxy) is 1. The zero-order valence-electron chi connectivity index (χ0n) is 16.2. The van der Waals surface area contributed by atoms with Crippen LogP contribution in [-0.4, -0.2) is 37.5 Å². The normalized spacial score (nSPS) is 13.2. The molecule has 4 aromatic carbocycles. The first-order chi connectivity index (χ1) is 14.6. The van der Waals surface area contributed by atoms with Crippen molar-refractivity contribution in [3.63, 3.8) is 0 Å². The van der Waals surface area contributed by atoms with Crippen LogP contribution in [0.25, 0.3) is 32.3 Å². The summed E-state index contributed by atoms with van der Waals surface area (Å²) >= 11 is 0.860. The first-order valence-electron chi connectivity index (χ1n) is 8.68. The van der Waals surface area contributed by atoms with Crippen molar-refractivity contribution in [1.29, 1.82) is 0 Å². The molecule has 0 bridgehead atoms. The van der Waals surface area contributed by atoms with Crippen LogP contribution in [0.3, 0.4) is 0 Å². The van der Waals surface area contributed by atoms with Crippen LogP contribution in [0.15, 0.2) is 51.1 Å². The molecule has 0 saturated carbocycles. The first-order valence-corrected chi connectivity index (χ1v) is 16.7. The second-order valence-corrected chi connectivity index (χ2v) is 16.2. The standard InChI is InChI=1S/C19H12ClO8S3.Mo/c1-9(21)28-14-7-17(31(20,26)27)13-6-5-12-16(30(2,24)25)8-15(29(22)23)11-4-3-10(14)18(13)19(11)12;/h3-8H,1-2H3;. The van der Waals surface area contributed by atoms with Gasteiger partial charge in [-0.05, 0) is 0 Å². The van der Waals surface area contributed by atoms with Crippen molar-refractivity contribution in [2.24, 2.45) is 0 Å². The van der Waals surface area contributed by atoms with Crippen LogP contribution in [0.1, 0.15) is 6.92 Å². The minimum absolute atomic E-state index is 0.107. The van der Waals surface area contributed by atoms with E-state index in [2.05, 4.69) is 0 Å². The Labute approximate surface area is 197 Å². The van der Waals surface area contributed by atoms with E-state index in [1.165, 1.54) is 24.3 Å². The Kier molecular flexibility index (Phi) is 5.38. The number of carbonyl (C=O) groups is 1. The van der Waals surface area contributed by atoms with Crippen molar-refractivity contribution >= 4 is 75.4 Å².